The van der Waals surface area contributed by atoms with Crippen molar-refractivity contribution in [1.29, 1.82) is 0 Å². The number of carbonyl (C=O) groups is 2. The summed E-state index contributed by atoms with van der Waals surface area (Å²) in [5, 5.41) is 7.48. The smallest absolute Gasteiger partial charge is 0.251 e. The standard InChI is InChI=1S/C31H31N5O4S/c1-36(2)29-22-7-3-5-9-25(22)34-31(35-29)33-21-14-11-19(12-15-21)18-32-30(38)20-13-16-24-27(17-20)41(39,40)26-10-6-4-8-23(26)28(24)37/h3-10,13,16-17,19,21H,11-12,14-15,18H2,1-2H3,(H,32,38)(H,33,34,35)/t19-,21+. The lowest BCUT2D eigenvalue weighted by Crippen LogP contribution is -2.34. The maximum Gasteiger partial charge on any atom is 0.251 e. The van der Waals surface area contributed by atoms with Crippen molar-refractivity contribution in [2.45, 2.75) is 41.5 Å². The maximum atomic E-state index is 13.2. The molecule has 0 unspecified atom stereocenters. The second-order valence-electron chi connectivity index (χ2n) is 10.9. The molecule has 0 saturated heterocycles. The van der Waals surface area contributed by atoms with Crippen LogP contribution in [0.2, 0.25) is 0 Å². The number of fused-ring (bicyclic) bond motifs is 3. The van der Waals surface area contributed by atoms with Gasteiger partial charge in [-0.2, -0.15) is 4.98 Å². The van der Waals surface area contributed by atoms with Crippen LogP contribution in [-0.4, -0.2) is 56.8 Å². The van der Waals surface area contributed by atoms with Gasteiger partial charge in [-0.25, -0.2) is 13.4 Å². The van der Waals surface area contributed by atoms with Crippen LogP contribution in [0, 0.1) is 5.92 Å². The van der Waals surface area contributed by atoms with Crippen molar-refractivity contribution in [3.05, 3.63) is 83.4 Å². The third-order valence-corrected chi connectivity index (χ3v) is 9.79. The average Bonchev–Trinajstić information content (AvgIpc) is 2.99. The molecule has 1 aliphatic carbocycles. The average molecular weight is 570 g/mol. The Bertz CT molecular complexity index is 1780. The quantitative estimate of drug-likeness (QED) is 0.307. The van der Waals surface area contributed by atoms with Crippen molar-refractivity contribution in [2.75, 3.05) is 30.9 Å². The van der Waals surface area contributed by atoms with Gasteiger partial charge in [-0.3, -0.25) is 9.59 Å². The number of amides is 1. The third kappa shape index (κ3) is 5.04. The minimum absolute atomic E-state index is 0.0209. The number of nitrogens with one attached hydrogen (secondary N) is 2. The molecule has 0 radical (unpaired) electrons. The lowest BCUT2D eigenvalue weighted by atomic mass is 9.86. The highest BCUT2D eigenvalue weighted by Crippen LogP contribution is 2.35. The first kappa shape index (κ1) is 26.9. The van der Waals surface area contributed by atoms with Gasteiger partial charge in [-0.1, -0.05) is 24.3 Å². The molecular formula is C31H31N5O4S. The number of carbonyl (C=O) groups excluding carboxylic acids is 2. The van der Waals surface area contributed by atoms with Crippen molar-refractivity contribution < 1.29 is 18.0 Å². The Balaban J connectivity index is 1.07. The second kappa shape index (κ2) is 10.6. The number of hydrogen-bond donors (Lipinski definition) is 2. The Kier molecular flexibility index (Phi) is 6.94. The largest absolute Gasteiger partial charge is 0.362 e. The highest BCUT2D eigenvalue weighted by molar-refractivity contribution is 7.91. The summed E-state index contributed by atoms with van der Waals surface area (Å²) in [6.45, 7) is 0.494. The zero-order valence-electron chi connectivity index (χ0n) is 22.9. The highest BCUT2D eigenvalue weighted by atomic mass is 32.2. The summed E-state index contributed by atoms with van der Waals surface area (Å²) in [5.41, 5.74) is 1.38. The van der Waals surface area contributed by atoms with Crippen LogP contribution in [0.4, 0.5) is 11.8 Å². The van der Waals surface area contributed by atoms with Crippen molar-refractivity contribution in [3.63, 3.8) is 0 Å². The number of ketones is 1. The molecule has 3 aromatic carbocycles. The van der Waals surface area contributed by atoms with Gasteiger partial charge >= 0.3 is 0 Å². The van der Waals surface area contributed by atoms with Crippen LogP contribution >= 0.6 is 0 Å². The number of para-hydroxylation sites is 1. The fourth-order valence-electron chi connectivity index (χ4n) is 5.72. The van der Waals surface area contributed by atoms with Crippen LogP contribution in [0.25, 0.3) is 10.9 Å². The van der Waals surface area contributed by atoms with Gasteiger partial charge in [0.15, 0.2) is 5.78 Å². The minimum atomic E-state index is -3.90. The van der Waals surface area contributed by atoms with E-state index in [1.165, 1.54) is 30.3 Å². The molecule has 10 heteroatoms. The number of benzene rings is 3. The Morgan fingerprint density at radius 1 is 0.902 bits per heavy atom. The van der Waals surface area contributed by atoms with Gasteiger partial charge in [-0.15, -0.1) is 0 Å². The lowest BCUT2D eigenvalue weighted by molar-refractivity contribution is 0.0941. The monoisotopic (exact) mass is 569 g/mol. The summed E-state index contributed by atoms with van der Waals surface area (Å²) in [6.07, 6.45) is 3.70. The number of nitrogens with zero attached hydrogens (tertiary/aromatic N) is 3. The molecule has 0 atom stereocenters. The van der Waals surface area contributed by atoms with E-state index in [0.717, 1.165) is 42.4 Å². The summed E-state index contributed by atoms with van der Waals surface area (Å²) in [5.74, 6) is 1.09. The summed E-state index contributed by atoms with van der Waals surface area (Å²) < 4.78 is 26.4. The molecule has 1 saturated carbocycles. The van der Waals surface area contributed by atoms with Gasteiger partial charge in [0.2, 0.25) is 15.8 Å². The van der Waals surface area contributed by atoms with E-state index in [-0.39, 0.29) is 44.2 Å². The molecule has 1 aromatic heterocycles. The van der Waals surface area contributed by atoms with Crippen LogP contribution in [0.15, 0.2) is 76.5 Å². The maximum absolute atomic E-state index is 13.2. The Labute approximate surface area is 238 Å². The first-order chi connectivity index (χ1) is 19.7. The molecule has 9 nitrogen and oxygen atoms in total. The number of anilines is 2. The fourth-order valence-corrected chi connectivity index (χ4v) is 7.40. The van der Waals surface area contributed by atoms with Gasteiger partial charge in [-0.05, 0) is 74.1 Å². The second-order valence-corrected chi connectivity index (χ2v) is 12.8. The molecule has 1 aliphatic heterocycles. The summed E-state index contributed by atoms with van der Waals surface area (Å²) in [6, 6.07) is 18.7. The number of rotatable bonds is 6. The predicted molar refractivity (Wildman–Crippen MR) is 157 cm³/mol. The van der Waals surface area contributed by atoms with E-state index >= 15 is 0 Å². The molecule has 2 heterocycles. The molecule has 6 rings (SSSR count). The van der Waals surface area contributed by atoms with Crippen molar-refractivity contribution in [1.82, 2.24) is 15.3 Å². The SMILES string of the molecule is CN(C)c1nc(N[C@H]2CC[C@@H](CNC(=O)c3ccc4c(c3)S(=O)(=O)c3ccccc3C4=O)CC2)nc2ccccc12. The van der Waals surface area contributed by atoms with Crippen molar-refractivity contribution >= 4 is 44.2 Å². The minimum Gasteiger partial charge on any atom is -0.362 e. The van der Waals surface area contributed by atoms with E-state index in [9.17, 15) is 18.0 Å². The normalized spacial score (nSPS) is 19.2. The Hall–Kier alpha value is -4.31. The zero-order chi connectivity index (χ0) is 28.7. The first-order valence-electron chi connectivity index (χ1n) is 13.7. The van der Waals surface area contributed by atoms with Crippen LogP contribution in [0.1, 0.15) is 52.0 Å². The van der Waals surface area contributed by atoms with E-state index in [1.54, 1.807) is 12.1 Å². The molecule has 41 heavy (non-hydrogen) atoms. The number of sulfone groups is 1. The molecule has 4 aromatic rings. The molecular weight excluding hydrogens is 538 g/mol. The summed E-state index contributed by atoms with van der Waals surface area (Å²) in [4.78, 5) is 37.2. The van der Waals surface area contributed by atoms with E-state index < -0.39 is 9.84 Å². The molecule has 2 aliphatic rings. The Morgan fingerprint density at radius 2 is 1.61 bits per heavy atom. The summed E-state index contributed by atoms with van der Waals surface area (Å²) >= 11 is 0. The number of aromatic nitrogens is 2. The summed E-state index contributed by atoms with van der Waals surface area (Å²) in [7, 11) is 0.0455. The van der Waals surface area contributed by atoms with E-state index in [2.05, 4.69) is 10.6 Å². The van der Waals surface area contributed by atoms with Gasteiger partial charge in [0.05, 0.1) is 15.3 Å². The fraction of sp³-hybridized carbons (Fsp3) is 0.290. The molecule has 0 spiro atoms. The first-order valence-corrected chi connectivity index (χ1v) is 15.2. The number of hydrogen-bond acceptors (Lipinski definition) is 8. The van der Waals surface area contributed by atoms with Crippen LogP contribution < -0.4 is 15.5 Å². The molecule has 210 valence electrons. The highest BCUT2D eigenvalue weighted by Gasteiger charge is 2.35. The van der Waals surface area contributed by atoms with Crippen LogP contribution in [0.3, 0.4) is 0 Å². The van der Waals surface area contributed by atoms with E-state index in [1.807, 2.05) is 43.3 Å². The van der Waals surface area contributed by atoms with Crippen LogP contribution in [0.5, 0.6) is 0 Å². The molecule has 2 N–H and O–H groups in total. The molecule has 1 fully saturated rings. The van der Waals surface area contributed by atoms with Gasteiger partial charge < -0.3 is 15.5 Å². The topological polar surface area (TPSA) is 121 Å². The lowest BCUT2D eigenvalue weighted by Gasteiger charge is -2.29. The predicted octanol–water partition coefficient (Wildman–Crippen LogP) is 4.47. The molecule has 0 bridgehead atoms. The van der Waals surface area contributed by atoms with Gasteiger partial charge in [0.25, 0.3) is 5.91 Å². The van der Waals surface area contributed by atoms with Crippen molar-refractivity contribution in [3.8, 4) is 0 Å². The van der Waals surface area contributed by atoms with E-state index in [0.29, 0.717) is 18.4 Å². The van der Waals surface area contributed by atoms with E-state index in [4.69, 9.17) is 9.97 Å². The zero-order valence-corrected chi connectivity index (χ0v) is 23.7. The Morgan fingerprint density at radius 3 is 2.39 bits per heavy atom. The van der Waals surface area contributed by atoms with Crippen molar-refractivity contribution in [2.24, 2.45) is 5.92 Å². The van der Waals surface area contributed by atoms with Gasteiger partial charge in [0.1, 0.15) is 5.82 Å². The molecule has 1 amide bonds. The van der Waals surface area contributed by atoms with Crippen LogP contribution in [-0.2, 0) is 9.84 Å². The third-order valence-electron chi connectivity index (χ3n) is 7.94. The van der Waals surface area contributed by atoms with Gasteiger partial charge in [0, 0.05) is 48.8 Å².